The second-order valence-corrected chi connectivity index (χ2v) is 4.68. The third-order valence-corrected chi connectivity index (χ3v) is 2.88. The Bertz CT molecular complexity index is 170. The van der Waals surface area contributed by atoms with Gasteiger partial charge in [0.15, 0.2) is 0 Å². The van der Waals surface area contributed by atoms with Crippen LogP contribution in [0.4, 0.5) is 0 Å². The highest BCUT2D eigenvalue weighted by Gasteiger charge is 1.95. The van der Waals surface area contributed by atoms with E-state index in [1.807, 2.05) is 0 Å². The molecule has 0 aliphatic rings. The first-order valence-electron chi connectivity index (χ1n) is 4.81. The van der Waals surface area contributed by atoms with Crippen molar-refractivity contribution in [3.8, 4) is 0 Å². The summed E-state index contributed by atoms with van der Waals surface area (Å²) in [6.07, 6.45) is 2.87. The molecule has 0 spiro atoms. The van der Waals surface area contributed by atoms with Crippen molar-refractivity contribution in [2.75, 3.05) is 17.3 Å². The van der Waals surface area contributed by atoms with Crippen molar-refractivity contribution < 1.29 is 19.4 Å². The molecule has 0 saturated heterocycles. The van der Waals surface area contributed by atoms with Crippen LogP contribution < -0.4 is 0 Å². The van der Waals surface area contributed by atoms with Gasteiger partial charge in [-0.25, -0.2) is 5.26 Å². The Kier molecular flexibility index (Phi) is 19.8. The number of carbonyl (C=O) groups excluding carboxylic acids is 1. The molecule has 2 N–H and O–H groups in total. The van der Waals surface area contributed by atoms with Gasteiger partial charge in [-0.1, -0.05) is 5.04 Å². The molecule has 0 aliphatic heterocycles. The molecule has 16 heavy (non-hydrogen) atoms. The third-order valence-electron chi connectivity index (χ3n) is 1.19. The average molecular weight is 269 g/mol. The van der Waals surface area contributed by atoms with E-state index in [-0.39, 0.29) is 5.78 Å². The zero-order valence-corrected chi connectivity index (χ0v) is 11.2. The van der Waals surface area contributed by atoms with E-state index in [0.717, 1.165) is 35.7 Å². The van der Waals surface area contributed by atoms with Crippen LogP contribution in [-0.2, 0) is 14.2 Å². The fraction of sp³-hybridized carbons (Fsp3) is 0.778. The Morgan fingerprint density at radius 2 is 2.06 bits per heavy atom. The second-order valence-electron chi connectivity index (χ2n) is 2.67. The van der Waals surface area contributed by atoms with Crippen LogP contribution in [0, 0.1) is 5.41 Å². The molecule has 0 aromatic rings. The molecule has 0 fully saturated rings. The first-order valence-corrected chi connectivity index (χ1v) is 6.87. The van der Waals surface area contributed by atoms with Crippen molar-refractivity contribution in [2.24, 2.45) is 0 Å². The fourth-order valence-electron chi connectivity index (χ4n) is 0.593. The summed E-state index contributed by atoms with van der Waals surface area (Å²) in [5, 5.41) is 17.3. The van der Waals surface area contributed by atoms with Gasteiger partial charge in [0.05, 0.1) is 0 Å². The van der Waals surface area contributed by atoms with Crippen molar-refractivity contribution in [3.05, 3.63) is 0 Å². The Hall–Kier alpha value is -0.0800. The van der Waals surface area contributed by atoms with Gasteiger partial charge < -0.3 is 5.41 Å². The van der Waals surface area contributed by atoms with Crippen molar-refractivity contribution in [1.29, 1.82) is 5.41 Å². The third kappa shape index (κ3) is 23.6. The molecule has 0 rings (SSSR count). The second kappa shape index (κ2) is 17.3. The Morgan fingerprint density at radius 1 is 1.44 bits per heavy atom. The molecule has 0 heterocycles. The Labute approximate surface area is 105 Å². The number of hydrogen-bond donors (Lipinski definition) is 2. The number of carbonyl (C=O) groups is 1. The zero-order chi connectivity index (χ0) is 12.6. The van der Waals surface area contributed by atoms with Crippen molar-refractivity contribution >= 4 is 35.8 Å². The maximum Gasteiger partial charge on any atom is 0.130 e. The Balaban J connectivity index is 0. The lowest BCUT2D eigenvalue weighted by molar-refractivity contribution is -0.432. The van der Waals surface area contributed by atoms with E-state index in [4.69, 9.17) is 10.7 Å². The van der Waals surface area contributed by atoms with E-state index < -0.39 is 0 Å². The molecule has 0 saturated carbocycles. The summed E-state index contributed by atoms with van der Waals surface area (Å²) in [5.41, 5.74) is 0. The molecule has 0 atom stereocenters. The van der Waals surface area contributed by atoms with E-state index in [9.17, 15) is 4.79 Å². The van der Waals surface area contributed by atoms with Gasteiger partial charge in [-0.3, -0.25) is 4.79 Å². The topological polar surface area (TPSA) is 79.6 Å². The molecule has 0 aromatic carbocycles. The van der Waals surface area contributed by atoms with Crippen LogP contribution in [0.15, 0.2) is 0 Å². The van der Waals surface area contributed by atoms with E-state index >= 15 is 0 Å². The molecule has 0 amide bonds. The fourth-order valence-corrected chi connectivity index (χ4v) is 2.13. The molecule has 7 heteroatoms. The van der Waals surface area contributed by atoms with E-state index in [1.54, 1.807) is 25.6 Å². The quantitative estimate of drug-likeness (QED) is 0.220. The van der Waals surface area contributed by atoms with E-state index in [2.05, 4.69) is 9.37 Å². The summed E-state index contributed by atoms with van der Waals surface area (Å²) in [5.74, 6) is 2.89. The SMILES string of the molecule is CC(=O)CCSCCCSOOO.CC=N. The van der Waals surface area contributed by atoms with Crippen LogP contribution in [0.1, 0.15) is 26.7 Å². The largest absolute Gasteiger partial charge is 0.313 e. The lowest BCUT2D eigenvalue weighted by Crippen LogP contribution is -1.93. The lowest BCUT2D eigenvalue weighted by atomic mass is 10.4. The molecule has 0 radical (unpaired) electrons. The molecule has 96 valence electrons. The van der Waals surface area contributed by atoms with Gasteiger partial charge in [0.25, 0.3) is 0 Å². The zero-order valence-electron chi connectivity index (χ0n) is 9.60. The highest BCUT2D eigenvalue weighted by Crippen LogP contribution is 2.09. The van der Waals surface area contributed by atoms with Crippen LogP contribution in [0.2, 0.25) is 0 Å². The van der Waals surface area contributed by atoms with Gasteiger partial charge in [-0.15, -0.1) is 4.33 Å². The average Bonchev–Trinajstić information content (AvgIpc) is 2.23. The highest BCUT2D eigenvalue weighted by molar-refractivity contribution is 7.99. The summed E-state index contributed by atoms with van der Waals surface area (Å²) < 4.78 is 4.19. The molecule has 0 aromatic heterocycles. The standard InChI is InChI=1S/C7H14O4S2.C2H5N/c1-7(8)3-6-12-4-2-5-13-11-10-9;1-2-3/h9H,2-6H2,1H3;2-3H,1H3. The van der Waals surface area contributed by atoms with Crippen LogP contribution in [-0.4, -0.2) is 34.5 Å². The maximum atomic E-state index is 10.5. The predicted octanol–water partition coefficient (Wildman–Crippen LogP) is 2.81. The van der Waals surface area contributed by atoms with Gasteiger partial charge in [-0.05, 0) is 32.2 Å². The van der Waals surface area contributed by atoms with Crippen molar-refractivity contribution in [2.45, 2.75) is 26.7 Å². The first-order chi connectivity index (χ1) is 7.68. The molecule has 0 bridgehead atoms. The van der Waals surface area contributed by atoms with Crippen molar-refractivity contribution in [1.82, 2.24) is 0 Å². The summed E-state index contributed by atoms with van der Waals surface area (Å²) in [6.45, 7) is 3.27. The molecular formula is C9H19NO4S2. The van der Waals surface area contributed by atoms with Crippen LogP contribution in [0.5, 0.6) is 0 Å². The number of ketones is 1. The maximum absolute atomic E-state index is 10.5. The van der Waals surface area contributed by atoms with Gasteiger partial charge >= 0.3 is 0 Å². The number of rotatable bonds is 9. The van der Waals surface area contributed by atoms with Gasteiger partial charge in [0, 0.05) is 30.0 Å². The van der Waals surface area contributed by atoms with Crippen LogP contribution >= 0.6 is 23.8 Å². The smallest absolute Gasteiger partial charge is 0.130 e. The monoisotopic (exact) mass is 269 g/mol. The summed E-state index contributed by atoms with van der Waals surface area (Å²) in [7, 11) is 0. The minimum Gasteiger partial charge on any atom is -0.313 e. The number of thioether (sulfide) groups is 1. The van der Waals surface area contributed by atoms with Gasteiger partial charge in [0.2, 0.25) is 0 Å². The summed E-state index contributed by atoms with van der Waals surface area (Å²) in [4.78, 5) is 10.5. The number of hydrogen-bond acceptors (Lipinski definition) is 7. The van der Waals surface area contributed by atoms with Gasteiger partial charge in [-0.2, -0.15) is 11.8 Å². The molecule has 0 aliphatic carbocycles. The highest BCUT2D eigenvalue weighted by atomic mass is 32.2. The van der Waals surface area contributed by atoms with E-state index in [1.165, 1.54) is 6.21 Å². The molecule has 0 unspecified atom stereocenters. The minimum absolute atomic E-state index is 0.235. The molecular weight excluding hydrogens is 250 g/mol. The molecule has 5 nitrogen and oxygen atoms in total. The predicted molar refractivity (Wildman–Crippen MR) is 69.0 cm³/mol. The van der Waals surface area contributed by atoms with Crippen LogP contribution in [0.3, 0.4) is 0 Å². The van der Waals surface area contributed by atoms with E-state index in [0.29, 0.717) is 6.42 Å². The Morgan fingerprint density at radius 3 is 2.56 bits per heavy atom. The summed E-state index contributed by atoms with van der Waals surface area (Å²) >= 11 is 2.81. The lowest BCUT2D eigenvalue weighted by Gasteiger charge is -1.98. The number of Topliss-reactive ketones (excluding diaryl/α,β-unsaturated/α-hetero) is 1. The normalized spacial score (nSPS) is 9.19. The van der Waals surface area contributed by atoms with Gasteiger partial charge in [0.1, 0.15) is 5.78 Å². The minimum atomic E-state index is 0.235. The van der Waals surface area contributed by atoms with Crippen molar-refractivity contribution in [3.63, 3.8) is 0 Å². The summed E-state index contributed by atoms with van der Waals surface area (Å²) in [6, 6.07) is 0. The van der Waals surface area contributed by atoms with Crippen LogP contribution in [0.25, 0.3) is 0 Å². The first kappa shape index (κ1) is 18.3. The number of nitrogens with one attached hydrogen (secondary N) is 1.